The zero-order valence-corrected chi connectivity index (χ0v) is 14.1. The molecule has 2 saturated heterocycles. The maximum atomic E-state index is 9.68. The lowest BCUT2D eigenvalue weighted by molar-refractivity contribution is 0.0236. The van der Waals surface area contributed by atoms with Crippen molar-refractivity contribution in [2.45, 2.75) is 38.5 Å². The SMILES string of the molecule is Cc1nn2c([C@H]3CNCCO3)ccnc2c1CN1CCC(O)CC1. The molecule has 1 atom stereocenters. The summed E-state index contributed by atoms with van der Waals surface area (Å²) in [6.07, 6.45) is 3.41. The second-order valence-corrected chi connectivity index (χ2v) is 6.74. The van der Waals surface area contributed by atoms with Gasteiger partial charge in [-0.1, -0.05) is 0 Å². The lowest BCUT2D eigenvalue weighted by atomic mass is 10.1. The number of hydrogen-bond acceptors (Lipinski definition) is 6. The van der Waals surface area contributed by atoms with Gasteiger partial charge in [-0.25, -0.2) is 9.50 Å². The van der Waals surface area contributed by atoms with Gasteiger partial charge in [0.05, 0.1) is 24.1 Å². The number of morpholine rings is 1. The maximum absolute atomic E-state index is 9.68. The highest BCUT2D eigenvalue weighted by atomic mass is 16.5. The molecule has 0 unspecified atom stereocenters. The topological polar surface area (TPSA) is 74.9 Å². The number of nitrogens with zero attached hydrogens (tertiary/aromatic N) is 4. The Morgan fingerprint density at radius 2 is 2.21 bits per heavy atom. The zero-order chi connectivity index (χ0) is 16.5. The van der Waals surface area contributed by atoms with Crippen LogP contribution in [0.4, 0.5) is 0 Å². The fourth-order valence-electron chi connectivity index (χ4n) is 3.60. The Bertz CT molecular complexity index is 702. The molecule has 0 saturated carbocycles. The lowest BCUT2D eigenvalue weighted by Crippen LogP contribution is -2.35. The number of piperidine rings is 1. The Kier molecular flexibility index (Phi) is 4.49. The second-order valence-electron chi connectivity index (χ2n) is 6.74. The molecule has 7 heteroatoms. The normalized spacial score (nSPS) is 23.8. The van der Waals surface area contributed by atoms with E-state index in [-0.39, 0.29) is 12.2 Å². The Balaban J connectivity index is 1.63. The molecule has 0 aromatic carbocycles. The Morgan fingerprint density at radius 1 is 1.38 bits per heavy atom. The molecule has 2 N–H and O–H groups in total. The summed E-state index contributed by atoms with van der Waals surface area (Å²) in [6.45, 7) is 7.15. The van der Waals surface area contributed by atoms with E-state index in [1.165, 1.54) is 5.56 Å². The van der Waals surface area contributed by atoms with Gasteiger partial charge in [0.2, 0.25) is 0 Å². The molecular weight excluding hydrogens is 306 g/mol. The van der Waals surface area contributed by atoms with E-state index in [9.17, 15) is 5.11 Å². The van der Waals surface area contributed by atoms with Gasteiger partial charge in [0, 0.05) is 44.5 Å². The number of rotatable bonds is 3. The minimum atomic E-state index is -0.146. The number of nitrogens with one attached hydrogen (secondary N) is 1. The van der Waals surface area contributed by atoms with Crippen LogP contribution in [-0.4, -0.2) is 63.5 Å². The van der Waals surface area contributed by atoms with Crippen LogP contribution in [0, 0.1) is 6.92 Å². The van der Waals surface area contributed by atoms with Gasteiger partial charge in [0.25, 0.3) is 0 Å². The maximum Gasteiger partial charge on any atom is 0.160 e. The van der Waals surface area contributed by atoms with Crippen molar-refractivity contribution in [2.24, 2.45) is 0 Å². The fraction of sp³-hybridized carbons (Fsp3) is 0.647. The number of aryl methyl sites for hydroxylation is 1. The third-order valence-corrected chi connectivity index (χ3v) is 5.04. The standard InChI is InChI=1S/C17H25N5O2/c1-12-14(11-21-7-3-13(23)4-8-21)17-19-5-2-15(22(17)20-12)16-10-18-6-9-24-16/h2,5,13,16,18,23H,3-4,6-11H2,1H3/t16-/m1/s1. The van der Waals surface area contributed by atoms with Gasteiger partial charge >= 0.3 is 0 Å². The van der Waals surface area contributed by atoms with E-state index in [2.05, 4.69) is 15.2 Å². The fourth-order valence-corrected chi connectivity index (χ4v) is 3.60. The molecule has 4 rings (SSSR count). The highest BCUT2D eigenvalue weighted by molar-refractivity contribution is 5.50. The molecule has 2 aliphatic heterocycles. The molecule has 0 spiro atoms. The van der Waals surface area contributed by atoms with E-state index >= 15 is 0 Å². The van der Waals surface area contributed by atoms with Gasteiger partial charge in [0.15, 0.2) is 5.65 Å². The average molecular weight is 331 g/mol. The summed E-state index contributed by atoms with van der Waals surface area (Å²) in [5.41, 5.74) is 4.17. The van der Waals surface area contributed by atoms with E-state index in [4.69, 9.17) is 9.84 Å². The van der Waals surface area contributed by atoms with Gasteiger partial charge < -0.3 is 15.2 Å². The minimum Gasteiger partial charge on any atom is -0.393 e. The van der Waals surface area contributed by atoms with E-state index in [1.807, 2.05) is 23.7 Å². The number of hydrogen-bond donors (Lipinski definition) is 2. The number of fused-ring (bicyclic) bond motifs is 1. The number of aliphatic hydroxyl groups is 1. The number of aliphatic hydroxyl groups excluding tert-OH is 1. The highest BCUT2D eigenvalue weighted by Gasteiger charge is 2.23. The van der Waals surface area contributed by atoms with Gasteiger partial charge in [-0.2, -0.15) is 5.10 Å². The van der Waals surface area contributed by atoms with Crippen LogP contribution in [-0.2, 0) is 11.3 Å². The Labute approximate surface area is 141 Å². The molecule has 2 fully saturated rings. The summed E-state index contributed by atoms with van der Waals surface area (Å²) in [5.74, 6) is 0. The van der Waals surface area contributed by atoms with Crippen LogP contribution in [0.2, 0.25) is 0 Å². The lowest BCUT2D eigenvalue weighted by Gasteiger charge is -2.29. The van der Waals surface area contributed by atoms with Crippen LogP contribution in [0.25, 0.3) is 5.65 Å². The van der Waals surface area contributed by atoms with Crippen LogP contribution in [0.5, 0.6) is 0 Å². The largest absolute Gasteiger partial charge is 0.393 e. The van der Waals surface area contributed by atoms with Crippen molar-refractivity contribution in [3.8, 4) is 0 Å². The summed E-state index contributed by atoms with van der Waals surface area (Å²) >= 11 is 0. The first kappa shape index (κ1) is 16.0. The number of ether oxygens (including phenoxy) is 1. The van der Waals surface area contributed by atoms with Crippen molar-refractivity contribution in [2.75, 3.05) is 32.8 Å². The number of aromatic nitrogens is 3. The quantitative estimate of drug-likeness (QED) is 0.860. The van der Waals surface area contributed by atoms with Crippen molar-refractivity contribution in [3.63, 3.8) is 0 Å². The molecule has 130 valence electrons. The molecule has 0 radical (unpaired) electrons. The van der Waals surface area contributed by atoms with Crippen molar-refractivity contribution >= 4 is 5.65 Å². The molecule has 2 aliphatic rings. The van der Waals surface area contributed by atoms with E-state index in [0.717, 1.165) is 69.2 Å². The summed E-state index contributed by atoms with van der Waals surface area (Å²) in [6, 6.07) is 2.00. The van der Waals surface area contributed by atoms with Gasteiger partial charge in [-0.3, -0.25) is 4.90 Å². The zero-order valence-electron chi connectivity index (χ0n) is 14.1. The molecule has 2 aromatic rings. The summed E-state index contributed by atoms with van der Waals surface area (Å²) < 4.78 is 7.84. The molecule has 2 aromatic heterocycles. The minimum absolute atomic E-state index is 0.0153. The molecule has 24 heavy (non-hydrogen) atoms. The predicted molar refractivity (Wildman–Crippen MR) is 89.8 cm³/mol. The van der Waals surface area contributed by atoms with E-state index < -0.39 is 0 Å². The third-order valence-electron chi connectivity index (χ3n) is 5.04. The van der Waals surface area contributed by atoms with Crippen LogP contribution in [0.1, 0.15) is 35.9 Å². The molecule has 4 heterocycles. The van der Waals surface area contributed by atoms with Gasteiger partial charge in [-0.05, 0) is 25.8 Å². The number of likely N-dealkylation sites (tertiary alicyclic amines) is 1. The van der Waals surface area contributed by atoms with Gasteiger partial charge in [0.1, 0.15) is 6.10 Å². The summed E-state index contributed by atoms with van der Waals surface area (Å²) in [4.78, 5) is 6.97. The van der Waals surface area contributed by atoms with Crippen molar-refractivity contribution in [3.05, 3.63) is 29.2 Å². The monoisotopic (exact) mass is 331 g/mol. The predicted octanol–water partition coefficient (Wildman–Crippen LogP) is 0.655. The summed E-state index contributed by atoms with van der Waals surface area (Å²) in [7, 11) is 0. The smallest absolute Gasteiger partial charge is 0.160 e. The van der Waals surface area contributed by atoms with E-state index in [1.54, 1.807) is 0 Å². The average Bonchev–Trinajstić information content (AvgIpc) is 2.93. The van der Waals surface area contributed by atoms with Crippen molar-refractivity contribution in [1.82, 2.24) is 24.8 Å². The Hall–Kier alpha value is -1.54. The van der Waals surface area contributed by atoms with Crippen molar-refractivity contribution in [1.29, 1.82) is 0 Å². The van der Waals surface area contributed by atoms with E-state index in [0.29, 0.717) is 0 Å². The second kappa shape index (κ2) is 6.76. The van der Waals surface area contributed by atoms with Crippen LogP contribution >= 0.6 is 0 Å². The molecule has 0 aliphatic carbocycles. The molecule has 7 nitrogen and oxygen atoms in total. The van der Waals surface area contributed by atoms with Crippen LogP contribution in [0.3, 0.4) is 0 Å². The summed E-state index contributed by atoms with van der Waals surface area (Å²) in [5, 5.41) is 17.8. The van der Waals surface area contributed by atoms with Crippen LogP contribution < -0.4 is 5.32 Å². The molecule has 0 amide bonds. The first-order valence-corrected chi connectivity index (χ1v) is 8.78. The molecular formula is C17H25N5O2. The first-order chi connectivity index (χ1) is 11.7. The first-order valence-electron chi connectivity index (χ1n) is 8.78. The van der Waals surface area contributed by atoms with Crippen molar-refractivity contribution < 1.29 is 9.84 Å². The highest BCUT2D eigenvalue weighted by Crippen LogP contribution is 2.24. The molecule has 0 bridgehead atoms. The third kappa shape index (κ3) is 3.04. The van der Waals surface area contributed by atoms with Crippen LogP contribution in [0.15, 0.2) is 12.3 Å². The van der Waals surface area contributed by atoms with Gasteiger partial charge in [-0.15, -0.1) is 0 Å². The Morgan fingerprint density at radius 3 is 2.96 bits per heavy atom.